The number of carbonyl (C=O) groups excluding carboxylic acids is 1. The highest BCUT2D eigenvalue weighted by Crippen LogP contribution is 2.43. The maximum Gasteiger partial charge on any atom is 0.417 e. The number of thiazole rings is 1. The fraction of sp³-hybridized carbons (Fsp3) is 0.320. The van der Waals surface area contributed by atoms with E-state index in [1.54, 1.807) is 0 Å². The quantitative estimate of drug-likeness (QED) is 0.301. The van der Waals surface area contributed by atoms with Gasteiger partial charge in [-0.2, -0.15) is 13.2 Å². The van der Waals surface area contributed by atoms with E-state index in [0.29, 0.717) is 30.6 Å². The zero-order valence-electron chi connectivity index (χ0n) is 19.1. The third-order valence-electron chi connectivity index (χ3n) is 6.07. The zero-order valence-corrected chi connectivity index (χ0v) is 20.0. The summed E-state index contributed by atoms with van der Waals surface area (Å²) >= 11 is 1.22. The highest BCUT2D eigenvalue weighted by molar-refractivity contribution is 7.15. The Hall–Kier alpha value is -3.60. The topological polar surface area (TPSA) is 103 Å². The average Bonchev–Trinajstić information content (AvgIpc) is 3.33. The molecule has 3 amide bonds. The summed E-state index contributed by atoms with van der Waals surface area (Å²) in [5.74, 6) is 0.0826. The standard InChI is InChI=1S/C25H25F3N4O3S/c26-25(27,28)20-12-18(31-23(33)30-13-15-4-2-1-3-5-15)10-11-19(20)21-14-29-22(36-21)16-6-8-17(9-7-16)32-24(34)35/h1-5,10-12,14,16-17,32H,6-9,13H2,(H,34,35)(H2,30,31,33)/t16-,17-. The minimum absolute atomic E-state index is 0.00252. The molecule has 0 radical (unpaired) electrons. The Kier molecular flexibility index (Phi) is 7.78. The van der Waals surface area contributed by atoms with Crippen LogP contribution in [0.3, 0.4) is 0 Å². The first kappa shape index (κ1) is 25.5. The molecule has 3 aromatic rings. The second-order valence-corrected chi connectivity index (χ2v) is 9.67. The molecule has 2 aromatic carbocycles. The lowest BCUT2D eigenvalue weighted by molar-refractivity contribution is -0.137. The zero-order chi connectivity index (χ0) is 25.7. The fourth-order valence-electron chi connectivity index (χ4n) is 4.29. The minimum atomic E-state index is -4.63. The maximum absolute atomic E-state index is 13.9. The van der Waals surface area contributed by atoms with Gasteiger partial charge in [0.05, 0.1) is 15.4 Å². The van der Waals surface area contributed by atoms with Crippen molar-refractivity contribution < 1.29 is 27.9 Å². The van der Waals surface area contributed by atoms with Gasteiger partial charge in [-0.15, -0.1) is 11.3 Å². The van der Waals surface area contributed by atoms with E-state index in [2.05, 4.69) is 20.9 Å². The van der Waals surface area contributed by atoms with E-state index in [1.165, 1.54) is 29.7 Å². The summed E-state index contributed by atoms with van der Waals surface area (Å²) in [7, 11) is 0. The Morgan fingerprint density at radius 3 is 2.44 bits per heavy atom. The summed E-state index contributed by atoms with van der Waals surface area (Å²) in [6.45, 7) is 0.245. The van der Waals surface area contributed by atoms with Crippen molar-refractivity contribution in [3.63, 3.8) is 0 Å². The van der Waals surface area contributed by atoms with Gasteiger partial charge in [-0.25, -0.2) is 14.6 Å². The highest BCUT2D eigenvalue weighted by atomic mass is 32.1. The molecule has 0 bridgehead atoms. The number of rotatable bonds is 6. The van der Waals surface area contributed by atoms with Gasteiger partial charge in [0.2, 0.25) is 0 Å². The molecule has 1 aromatic heterocycles. The SMILES string of the molecule is O=C(NCc1ccccc1)Nc1ccc(-c2cnc([C@H]3CC[C@H](NC(=O)O)CC3)s2)c(C(F)(F)F)c1. The Morgan fingerprint density at radius 2 is 1.78 bits per heavy atom. The van der Waals surface area contributed by atoms with E-state index >= 15 is 0 Å². The summed E-state index contributed by atoms with van der Waals surface area (Å²) < 4.78 is 41.8. The number of hydrogen-bond donors (Lipinski definition) is 4. The van der Waals surface area contributed by atoms with Gasteiger partial charge >= 0.3 is 18.3 Å². The van der Waals surface area contributed by atoms with Crippen LogP contribution in [0, 0.1) is 0 Å². The molecular weight excluding hydrogens is 493 g/mol. The normalized spacial score (nSPS) is 17.9. The molecule has 0 unspecified atom stereocenters. The Balaban J connectivity index is 1.45. The van der Waals surface area contributed by atoms with Crippen LogP contribution in [-0.4, -0.2) is 28.3 Å². The third-order valence-corrected chi connectivity index (χ3v) is 7.26. The molecule has 1 saturated carbocycles. The maximum atomic E-state index is 13.9. The predicted octanol–water partition coefficient (Wildman–Crippen LogP) is 6.44. The number of benzene rings is 2. The van der Waals surface area contributed by atoms with Gasteiger partial charge in [0.25, 0.3) is 0 Å². The molecule has 7 nitrogen and oxygen atoms in total. The number of hydrogen-bond acceptors (Lipinski definition) is 4. The Labute approximate surface area is 209 Å². The summed E-state index contributed by atoms with van der Waals surface area (Å²) in [5.41, 5.74) is 0.0490. The van der Waals surface area contributed by atoms with Gasteiger partial charge in [-0.1, -0.05) is 36.4 Å². The van der Waals surface area contributed by atoms with Crippen molar-refractivity contribution in [2.45, 2.75) is 50.4 Å². The Bertz CT molecular complexity index is 1210. The largest absolute Gasteiger partial charge is 0.465 e. The van der Waals surface area contributed by atoms with E-state index in [4.69, 9.17) is 5.11 Å². The van der Waals surface area contributed by atoms with Crippen molar-refractivity contribution in [1.29, 1.82) is 0 Å². The first-order valence-electron chi connectivity index (χ1n) is 11.4. The molecule has 0 atom stereocenters. The van der Waals surface area contributed by atoms with Crippen LogP contribution in [0.2, 0.25) is 0 Å². The van der Waals surface area contributed by atoms with Crippen molar-refractivity contribution in [2.24, 2.45) is 0 Å². The number of alkyl halides is 3. The molecule has 11 heteroatoms. The summed E-state index contributed by atoms with van der Waals surface area (Å²) in [6.07, 6.45) is -1.49. The van der Waals surface area contributed by atoms with Crippen LogP contribution in [0.25, 0.3) is 10.4 Å². The molecule has 0 aliphatic heterocycles. The molecule has 190 valence electrons. The lowest BCUT2D eigenvalue weighted by atomic mass is 9.86. The summed E-state index contributed by atoms with van der Waals surface area (Å²) in [4.78, 5) is 27.8. The molecule has 1 fully saturated rings. The minimum Gasteiger partial charge on any atom is -0.465 e. The fourth-order valence-corrected chi connectivity index (χ4v) is 5.41. The van der Waals surface area contributed by atoms with E-state index in [-0.39, 0.29) is 29.8 Å². The first-order chi connectivity index (χ1) is 17.2. The van der Waals surface area contributed by atoms with E-state index in [1.807, 2.05) is 30.3 Å². The molecule has 4 N–H and O–H groups in total. The van der Waals surface area contributed by atoms with Crippen LogP contribution in [0.15, 0.2) is 54.7 Å². The monoisotopic (exact) mass is 518 g/mol. The number of carboxylic acid groups (broad SMARTS) is 1. The third kappa shape index (κ3) is 6.54. The Morgan fingerprint density at radius 1 is 1.06 bits per heavy atom. The van der Waals surface area contributed by atoms with Gasteiger partial charge in [0.15, 0.2) is 0 Å². The number of amides is 3. The van der Waals surface area contributed by atoms with Crippen LogP contribution >= 0.6 is 11.3 Å². The molecule has 4 rings (SSSR count). The van der Waals surface area contributed by atoms with Gasteiger partial charge < -0.3 is 21.1 Å². The molecule has 36 heavy (non-hydrogen) atoms. The number of aromatic nitrogens is 1. The summed E-state index contributed by atoms with van der Waals surface area (Å²) in [5, 5.41) is 17.2. The number of halogens is 3. The van der Waals surface area contributed by atoms with Crippen LogP contribution in [0.1, 0.15) is 47.7 Å². The van der Waals surface area contributed by atoms with Crippen molar-refractivity contribution in [3.8, 4) is 10.4 Å². The van der Waals surface area contributed by atoms with Crippen molar-refractivity contribution in [2.75, 3.05) is 5.32 Å². The summed E-state index contributed by atoms with van der Waals surface area (Å²) in [6, 6.07) is 12.2. The van der Waals surface area contributed by atoms with E-state index in [9.17, 15) is 22.8 Å². The molecule has 0 spiro atoms. The second kappa shape index (κ2) is 11.0. The number of nitrogens with one attached hydrogen (secondary N) is 3. The second-order valence-electron chi connectivity index (χ2n) is 8.61. The highest BCUT2D eigenvalue weighted by Gasteiger charge is 2.35. The number of urea groups is 1. The van der Waals surface area contributed by atoms with E-state index < -0.39 is 23.9 Å². The lowest BCUT2D eigenvalue weighted by Gasteiger charge is -2.27. The van der Waals surface area contributed by atoms with Gasteiger partial charge in [0, 0.05) is 36.0 Å². The van der Waals surface area contributed by atoms with Crippen molar-refractivity contribution in [1.82, 2.24) is 15.6 Å². The van der Waals surface area contributed by atoms with Gasteiger partial charge in [-0.05, 0) is 43.4 Å². The molecule has 1 aliphatic rings. The number of nitrogens with zero attached hydrogens (tertiary/aromatic N) is 1. The van der Waals surface area contributed by atoms with Gasteiger partial charge in [0.1, 0.15) is 0 Å². The van der Waals surface area contributed by atoms with Crippen LogP contribution in [0.4, 0.5) is 28.4 Å². The number of carbonyl (C=O) groups is 2. The van der Waals surface area contributed by atoms with Gasteiger partial charge in [-0.3, -0.25) is 0 Å². The van der Waals surface area contributed by atoms with Crippen molar-refractivity contribution in [3.05, 3.63) is 70.9 Å². The van der Waals surface area contributed by atoms with Crippen molar-refractivity contribution >= 4 is 29.1 Å². The molecular formula is C25H25F3N4O3S. The lowest BCUT2D eigenvalue weighted by Crippen LogP contribution is -2.36. The van der Waals surface area contributed by atoms with Crippen LogP contribution in [0.5, 0.6) is 0 Å². The van der Waals surface area contributed by atoms with Crippen LogP contribution in [-0.2, 0) is 12.7 Å². The smallest absolute Gasteiger partial charge is 0.417 e. The molecule has 0 saturated heterocycles. The van der Waals surface area contributed by atoms with E-state index in [0.717, 1.165) is 16.6 Å². The number of anilines is 1. The average molecular weight is 519 g/mol. The predicted molar refractivity (Wildman–Crippen MR) is 131 cm³/mol. The van der Waals surface area contributed by atoms with Crippen LogP contribution < -0.4 is 16.0 Å². The molecule has 1 heterocycles. The first-order valence-corrected chi connectivity index (χ1v) is 12.3. The molecule has 1 aliphatic carbocycles.